The van der Waals surface area contributed by atoms with E-state index in [1.165, 1.54) is 7.11 Å². The van der Waals surface area contributed by atoms with Gasteiger partial charge in [0.2, 0.25) is 0 Å². The third-order valence-electron chi connectivity index (χ3n) is 4.73. The summed E-state index contributed by atoms with van der Waals surface area (Å²) in [6.07, 6.45) is -4.53. The summed E-state index contributed by atoms with van der Waals surface area (Å²) < 4.78 is 44.9. The molecule has 0 aromatic heterocycles. The molecule has 2 aromatic rings. The molecule has 1 aliphatic heterocycles. The number of halogens is 3. The number of likely N-dealkylation sites (tertiary alicyclic amines) is 1. The molecule has 7 heteroatoms. The third kappa shape index (κ3) is 3.42. The first-order chi connectivity index (χ1) is 11.8. The van der Waals surface area contributed by atoms with Crippen LogP contribution < -0.4 is 4.74 Å². The van der Waals surface area contributed by atoms with E-state index in [0.29, 0.717) is 5.75 Å². The van der Waals surface area contributed by atoms with Crippen LogP contribution in [0.5, 0.6) is 5.75 Å². The molecule has 0 aliphatic carbocycles. The lowest BCUT2D eigenvalue weighted by atomic mass is 9.96. The van der Waals surface area contributed by atoms with Crippen molar-refractivity contribution in [1.82, 2.24) is 4.90 Å². The van der Waals surface area contributed by atoms with Crippen molar-refractivity contribution in [2.75, 3.05) is 20.2 Å². The highest BCUT2D eigenvalue weighted by molar-refractivity contribution is 5.87. The topological polar surface area (TPSA) is 49.8 Å². The Morgan fingerprint density at radius 2 is 1.96 bits per heavy atom. The molecule has 0 bridgehead atoms. The third-order valence-corrected chi connectivity index (χ3v) is 4.73. The van der Waals surface area contributed by atoms with E-state index in [0.717, 1.165) is 16.3 Å². The second kappa shape index (κ2) is 6.55. The molecule has 1 fully saturated rings. The van der Waals surface area contributed by atoms with Crippen LogP contribution in [0, 0.1) is 11.8 Å². The molecule has 0 saturated carbocycles. The molecule has 0 radical (unpaired) electrons. The monoisotopic (exact) mass is 353 g/mol. The molecule has 134 valence electrons. The Morgan fingerprint density at radius 1 is 1.24 bits per heavy atom. The maximum Gasteiger partial charge on any atom is 0.393 e. The number of methoxy groups -OCH3 is 1. The lowest BCUT2D eigenvalue weighted by molar-refractivity contribution is -0.188. The number of carboxylic acid groups (broad SMARTS) is 1. The largest absolute Gasteiger partial charge is 0.496 e. The fourth-order valence-electron chi connectivity index (χ4n) is 3.49. The fourth-order valence-corrected chi connectivity index (χ4v) is 3.49. The van der Waals surface area contributed by atoms with Crippen molar-refractivity contribution in [3.05, 3.63) is 42.0 Å². The van der Waals surface area contributed by atoms with Crippen LogP contribution >= 0.6 is 0 Å². The Labute approximate surface area is 142 Å². The van der Waals surface area contributed by atoms with Crippen molar-refractivity contribution >= 4 is 16.7 Å². The molecule has 1 aliphatic rings. The van der Waals surface area contributed by atoms with E-state index >= 15 is 0 Å². The zero-order valence-corrected chi connectivity index (χ0v) is 13.6. The highest BCUT2D eigenvalue weighted by Gasteiger charge is 2.52. The Hall–Kier alpha value is -2.28. The Bertz CT molecular complexity index is 791. The first-order valence-corrected chi connectivity index (χ1v) is 7.87. The van der Waals surface area contributed by atoms with Crippen LogP contribution in [-0.4, -0.2) is 42.4 Å². The molecule has 1 heterocycles. The minimum absolute atomic E-state index is 0.133. The maximum absolute atomic E-state index is 13.2. The predicted octanol–water partition coefficient (Wildman–Crippen LogP) is 3.54. The molecule has 0 spiro atoms. The average molecular weight is 353 g/mol. The van der Waals surface area contributed by atoms with Crippen molar-refractivity contribution in [3.63, 3.8) is 0 Å². The Morgan fingerprint density at radius 3 is 2.56 bits per heavy atom. The molecular formula is C18H18F3NO3. The summed E-state index contributed by atoms with van der Waals surface area (Å²) in [5.74, 6) is -4.12. The number of hydrogen-bond donors (Lipinski definition) is 1. The van der Waals surface area contributed by atoms with E-state index in [4.69, 9.17) is 9.84 Å². The minimum atomic E-state index is -4.53. The van der Waals surface area contributed by atoms with Crippen LogP contribution in [0.15, 0.2) is 36.4 Å². The standard InChI is InChI=1S/C18H18F3NO3/c1-25-16-7-6-11-4-2-3-5-12(11)13(16)8-22-9-14(17(23)24)15(10-22)18(19,20)21/h2-7,14-15H,8-10H2,1H3,(H,23,24)/t14-,15-/m1/s1. The summed E-state index contributed by atoms with van der Waals surface area (Å²) in [7, 11) is 1.51. The van der Waals surface area contributed by atoms with Crippen molar-refractivity contribution < 1.29 is 27.8 Å². The number of carboxylic acids is 1. The molecular weight excluding hydrogens is 335 g/mol. The Kier molecular flexibility index (Phi) is 4.60. The highest BCUT2D eigenvalue weighted by atomic mass is 19.4. The second-order valence-electron chi connectivity index (χ2n) is 6.25. The molecule has 1 N–H and O–H groups in total. The van der Waals surface area contributed by atoms with E-state index in [-0.39, 0.29) is 19.6 Å². The summed E-state index contributed by atoms with van der Waals surface area (Å²) in [6, 6.07) is 11.2. The number of carbonyl (C=O) groups is 1. The lowest BCUT2D eigenvalue weighted by Crippen LogP contribution is -2.33. The van der Waals surface area contributed by atoms with E-state index in [1.807, 2.05) is 30.3 Å². The summed E-state index contributed by atoms with van der Waals surface area (Å²) in [5.41, 5.74) is 0.771. The fraction of sp³-hybridized carbons (Fsp3) is 0.389. The number of nitrogens with zero attached hydrogens (tertiary/aromatic N) is 1. The zero-order chi connectivity index (χ0) is 18.2. The number of benzene rings is 2. The summed E-state index contributed by atoms with van der Waals surface area (Å²) in [4.78, 5) is 12.8. The van der Waals surface area contributed by atoms with Crippen LogP contribution in [0.1, 0.15) is 5.56 Å². The zero-order valence-electron chi connectivity index (χ0n) is 13.6. The molecule has 2 aromatic carbocycles. The van der Waals surface area contributed by atoms with Crippen molar-refractivity contribution in [3.8, 4) is 5.75 Å². The van der Waals surface area contributed by atoms with Crippen molar-refractivity contribution in [2.24, 2.45) is 11.8 Å². The minimum Gasteiger partial charge on any atom is -0.496 e. The van der Waals surface area contributed by atoms with Crippen LogP contribution in [0.4, 0.5) is 13.2 Å². The van der Waals surface area contributed by atoms with Gasteiger partial charge in [0.05, 0.1) is 18.9 Å². The lowest BCUT2D eigenvalue weighted by Gasteiger charge is -2.20. The molecule has 1 saturated heterocycles. The number of hydrogen-bond acceptors (Lipinski definition) is 3. The van der Waals surface area contributed by atoms with Crippen LogP contribution in [0.25, 0.3) is 10.8 Å². The van der Waals surface area contributed by atoms with Gasteiger partial charge in [-0.3, -0.25) is 9.69 Å². The second-order valence-corrected chi connectivity index (χ2v) is 6.25. The number of rotatable bonds is 4. The van der Waals surface area contributed by atoms with Gasteiger partial charge in [-0.25, -0.2) is 0 Å². The van der Waals surface area contributed by atoms with Gasteiger partial charge in [-0.2, -0.15) is 13.2 Å². The van der Waals surface area contributed by atoms with Crippen LogP contribution in [-0.2, 0) is 11.3 Å². The van der Waals surface area contributed by atoms with E-state index in [2.05, 4.69) is 0 Å². The summed E-state index contributed by atoms with van der Waals surface area (Å²) in [5, 5.41) is 11.0. The number of alkyl halides is 3. The number of ether oxygens (including phenoxy) is 1. The molecule has 2 atom stereocenters. The smallest absolute Gasteiger partial charge is 0.393 e. The van der Waals surface area contributed by atoms with Crippen LogP contribution in [0.2, 0.25) is 0 Å². The van der Waals surface area contributed by atoms with Gasteiger partial charge in [0.15, 0.2) is 0 Å². The van der Waals surface area contributed by atoms with E-state index < -0.39 is 24.0 Å². The van der Waals surface area contributed by atoms with Gasteiger partial charge in [0.1, 0.15) is 5.75 Å². The molecule has 0 unspecified atom stereocenters. The van der Waals surface area contributed by atoms with Gasteiger partial charge in [0.25, 0.3) is 0 Å². The number of aliphatic carboxylic acids is 1. The first-order valence-electron chi connectivity index (χ1n) is 7.87. The van der Waals surface area contributed by atoms with Crippen molar-refractivity contribution in [2.45, 2.75) is 12.7 Å². The van der Waals surface area contributed by atoms with Gasteiger partial charge in [0, 0.05) is 25.2 Å². The van der Waals surface area contributed by atoms with E-state index in [1.54, 1.807) is 11.0 Å². The van der Waals surface area contributed by atoms with Crippen molar-refractivity contribution in [1.29, 1.82) is 0 Å². The van der Waals surface area contributed by atoms with Gasteiger partial charge >= 0.3 is 12.1 Å². The molecule has 4 nitrogen and oxygen atoms in total. The van der Waals surface area contributed by atoms with Gasteiger partial charge in [-0.05, 0) is 16.8 Å². The summed E-state index contributed by atoms with van der Waals surface area (Å²) >= 11 is 0. The molecule has 0 amide bonds. The average Bonchev–Trinajstić information content (AvgIpc) is 3.00. The quantitative estimate of drug-likeness (QED) is 0.913. The number of fused-ring (bicyclic) bond motifs is 1. The predicted molar refractivity (Wildman–Crippen MR) is 86.4 cm³/mol. The Balaban J connectivity index is 1.93. The first kappa shape index (κ1) is 17.5. The van der Waals surface area contributed by atoms with Crippen LogP contribution in [0.3, 0.4) is 0 Å². The normalized spacial score (nSPS) is 21.6. The SMILES string of the molecule is COc1ccc2ccccc2c1CN1C[C@@H](C(F)(F)F)[C@H](C(=O)O)C1. The molecule has 3 rings (SSSR count). The van der Waals surface area contributed by atoms with Gasteiger partial charge in [-0.15, -0.1) is 0 Å². The highest BCUT2D eigenvalue weighted by Crippen LogP contribution is 2.39. The van der Waals surface area contributed by atoms with Gasteiger partial charge < -0.3 is 9.84 Å². The molecule has 25 heavy (non-hydrogen) atoms. The van der Waals surface area contributed by atoms with Gasteiger partial charge in [-0.1, -0.05) is 30.3 Å². The maximum atomic E-state index is 13.2. The van der Waals surface area contributed by atoms with E-state index in [9.17, 15) is 18.0 Å². The summed E-state index contributed by atoms with van der Waals surface area (Å²) in [6.45, 7) is -0.250.